The van der Waals surface area contributed by atoms with Gasteiger partial charge in [-0.05, 0) is 34.1 Å². The Morgan fingerprint density at radius 3 is 2.37 bits per heavy atom. The number of carbonyl (C=O) groups excluding carboxylic acids is 1. The second-order valence-corrected chi connectivity index (χ2v) is 5.68. The number of benzene rings is 2. The Balaban J connectivity index is 2.33. The fraction of sp³-hybridized carbons (Fsp3) is 0. The normalized spacial score (nSPS) is 10.3. The van der Waals surface area contributed by atoms with Crippen molar-refractivity contribution in [3.63, 3.8) is 0 Å². The lowest BCUT2D eigenvalue weighted by atomic mass is 10.2. The van der Waals surface area contributed by atoms with Crippen molar-refractivity contribution in [1.29, 1.82) is 0 Å². The zero-order valence-corrected chi connectivity index (χ0v) is 13.1. The fourth-order valence-electron chi connectivity index (χ4n) is 1.38. The van der Waals surface area contributed by atoms with Crippen LogP contribution in [0.2, 0.25) is 15.1 Å². The molecular formula is C13H6BrCl3O2. The van der Waals surface area contributed by atoms with E-state index in [9.17, 15) is 4.79 Å². The standard InChI is InChI=1S/C13H6BrCl3O2/c14-9-4-12(17)13(5-11(9)16)19-8-2-1-7(6-18)10(15)3-8/h1-6H. The lowest BCUT2D eigenvalue weighted by Gasteiger charge is -2.09. The van der Waals surface area contributed by atoms with Gasteiger partial charge in [-0.3, -0.25) is 4.79 Å². The van der Waals surface area contributed by atoms with Crippen LogP contribution in [-0.4, -0.2) is 6.29 Å². The average molecular weight is 380 g/mol. The maximum atomic E-state index is 10.7. The van der Waals surface area contributed by atoms with Crippen LogP contribution in [0.3, 0.4) is 0 Å². The number of hydrogen-bond acceptors (Lipinski definition) is 2. The van der Waals surface area contributed by atoms with Crippen molar-refractivity contribution in [1.82, 2.24) is 0 Å². The molecule has 0 spiro atoms. The molecule has 0 saturated carbocycles. The van der Waals surface area contributed by atoms with Crippen LogP contribution in [0.1, 0.15) is 10.4 Å². The van der Waals surface area contributed by atoms with Crippen LogP contribution in [-0.2, 0) is 0 Å². The first kappa shape index (κ1) is 14.7. The molecular weight excluding hydrogens is 374 g/mol. The van der Waals surface area contributed by atoms with Gasteiger partial charge >= 0.3 is 0 Å². The van der Waals surface area contributed by atoms with Gasteiger partial charge in [-0.25, -0.2) is 0 Å². The minimum absolute atomic E-state index is 0.312. The first-order valence-corrected chi connectivity index (χ1v) is 7.01. The van der Waals surface area contributed by atoms with Gasteiger partial charge in [-0.1, -0.05) is 34.8 Å². The van der Waals surface area contributed by atoms with E-state index in [0.29, 0.717) is 42.9 Å². The minimum Gasteiger partial charge on any atom is -0.456 e. The van der Waals surface area contributed by atoms with E-state index in [4.69, 9.17) is 39.5 Å². The molecule has 0 bridgehead atoms. The van der Waals surface area contributed by atoms with Crippen LogP contribution in [0, 0.1) is 0 Å². The molecule has 0 atom stereocenters. The summed E-state index contributed by atoms with van der Waals surface area (Å²) in [7, 11) is 0. The summed E-state index contributed by atoms with van der Waals surface area (Å²) in [5.41, 5.74) is 0.397. The van der Waals surface area contributed by atoms with E-state index >= 15 is 0 Å². The van der Waals surface area contributed by atoms with E-state index in [2.05, 4.69) is 15.9 Å². The number of aldehydes is 1. The quantitative estimate of drug-likeness (QED) is 0.481. The van der Waals surface area contributed by atoms with Crippen molar-refractivity contribution < 1.29 is 9.53 Å². The topological polar surface area (TPSA) is 26.3 Å². The summed E-state index contributed by atoms with van der Waals surface area (Å²) in [5, 5.41) is 1.20. The minimum atomic E-state index is 0.312. The first-order chi connectivity index (χ1) is 9.01. The summed E-state index contributed by atoms with van der Waals surface area (Å²) in [6, 6.07) is 7.97. The van der Waals surface area contributed by atoms with E-state index in [0.717, 1.165) is 0 Å². The van der Waals surface area contributed by atoms with Gasteiger partial charge in [0.15, 0.2) is 6.29 Å². The molecule has 0 heterocycles. The fourth-order valence-corrected chi connectivity index (χ4v) is 2.42. The monoisotopic (exact) mass is 378 g/mol. The Hall–Kier alpha value is -0.740. The number of halogens is 4. The Bertz CT molecular complexity index is 644. The zero-order chi connectivity index (χ0) is 14.0. The third-order valence-electron chi connectivity index (χ3n) is 2.30. The third-order valence-corrected chi connectivity index (χ3v) is 4.12. The number of hydrogen-bond donors (Lipinski definition) is 0. The van der Waals surface area contributed by atoms with E-state index in [1.807, 2.05) is 0 Å². The Morgan fingerprint density at radius 2 is 1.74 bits per heavy atom. The molecule has 2 aromatic carbocycles. The highest BCUT2D eigenvalue weighted by atomic mass is 79.9. The largest absolute Gasteiger partial charge is 0.456 e. The predicted molar refractivity (Wildman–Crippen MR) is 81.1 cm³/mol. The highest BCUT2D eigenvalue weighted by molar-refractivity contribution is 9.10. The third kappa shape index (κ3) is 3.42. The van der Waals surface area contributed by atoms with E-state index < -0.39 is 0 Å². The van der Waals surface area contributed by atoms with E-state index in [1.165, 1.54) is 6.07 Å². The lowest BCUT2D eigenvalue weighted by molar-refractivity contribution is 0.112. The summed E-state index contributed by atoms with van der Waals surface area (Å²) in [6.45, 7) is 0. The predicted octanol–water partition coefficient (Wildman–Crippen LogP) is 6.01. The van der Waals surface area contributed by atoms with E-state index in [1.54, 1.807) is 24.3 Å². The Morgan fingerprint density at radius 1 is 1.00 bits per heavy atom. The van der Waals surface area contributed by atoms with Crippen molar-refractivity contribution in [2.75, 3.05) is 0 Å². The van der Waals surface area contributed by atoms with E-state index in [-0.39, 0.29) is 0 Å². The van der Waals surface area contributed by atoms with Gasteiger partial charge < -0.3 is 4.74 Å². The number of rotatable bonds is 3. The molecule has 0 saturated heterocycles. The van der Waals surface area contributed by atoms with Gasteiger partial charge in [0.05, 0.1) is 15.1 Å². The smallest absolute Gasteiger partial charge is 0.151 e. The Labute approximate surface area is 133 Å². The van der Waals surface area contributed by atoms with Gasteiger partial charge in [0.2, 0.25) is 0 Å². The van der Waals surface area contributed by atoms with Crippen molar-refractivity contribution >= 4 is 57.0 Å². The van der Waals surface area contributed by atoms with Crippen LogP contribution < -0.4 is 4.74 Å². The van der Waals surface area contributed by atoms with Gasteiger partial charge in [0.1, 0.15) is 11.5 Å². The summed E-state index contributed by atoms with van der Waals surface area (Å²) < 4.78 is 6.27. The molecule has 0 aliphatic heterocycles. The highest BCUT2D eigenvalue weighted by Gasteiger charge is 2.09. The number of ether oxygens (including phenoxy) is 1. The molecule has 98 valence electrons. The molecule has 0 N–H and O–H groups in total. The van der Waals surface area contributed by atoms with Gasteiger partial charge in [-0.15, -0.1) is 0 Å². The molecule has 0 radical (unpaired) electrons. The van der Waals surface area contributed by atoms with Gasteiger partial charge in [0.25, 0.3) is 0 Å². The molecule has 6 heteroatoms. The Kier molecular flexibility index (Phi) is 4.74. The molecule has 2 nitrogen and oxygen atoms in total. The molecule has 0 amide bonds. The summed E-state index contributed by atoms with van der Waals surface area (Å²) >= 11 is 21.2. The molecule has 0 unspecified atom stereocenters. The molecule has 0 aliphatic carbocycles. The van der Waals surface area contributed by atoms with Crippen LogP contribution in [0.4, 0.5) is 0 Å². The molecule has 2 rings (SSSR count). The summed E-state index contributed by atoms with van der Waals surface area (Å²) in [5.74, 6) is 0.876. The maximum Gasteiger partial charge on any atom is 0.151 e. The number of carbonyl (C=O) groups is 1. The molecule has 2 aromatic rings. The SMILES string of the molecule is O=Cc1ccc(Oc2cc(Cl)c(Br)cc2Cl)cc1Cl. The van der Waals surface area contributed by atoms with Crippen LogP contribution in [0.25, 0.3) is 0 Å². The van der Waals surface area contributed by atoms with Crippen molar-refractivity contribution in [2.45, 2.75) is 0 Å². The average Bonchev–Trinajstić information content (AvgIpc) is 2.36. The van der Waals surface area contributed by atoms with Crippen LogP contribution in [0.5, 0.6) is 11.5 Å². The van der Waals surface area contributed by atoms with Crippen molar-refractivity contribution in [3.8, 4) is 11.5 Å². The maximum absolute atomic E-state index is 10.7. The zero-order valence-electron chi connectivity index (χ0n) is 9.29. The van der Waals surface area contributed by atoms with Crippen molar-refractivity contribution in [3.05, 3.63) is 55.4 Å². The van der Waals surface area contributed by atoms with Crippen LogP contribution >= 0.6 is 50.7 Å². The lowest BCUT2D eigenvalue weighted by Crippen LogP contribution is -1.88. The van der Waals surface area contributed by atoms with Crippen LogP contribution in [0.15, 0.2) is 34.8 Å². The summed E-state index contributed by atoms with van der Waals surface area (Å²) in [4.78, 5) is 10.7. The molecule has 0 aliphatic rings. The van der Waals surface area contributed by atoms with Gasteiger partial charge in [-0.2, -0.15) is 0 Å². The van der Waals surface area contributed by atoms with Gasteiger partial charge in [0, 0.05) is 22.2 Å². The molecule has 19 heavy (non-hydrogen) atoms. The second-order valence-electron chi connectivity index (χ2n) is 3.60. The second kappa shape index (κ2) is 6.14. The molecule has 0 fully saturated rings. The van der Waals surface area contributed by atoms with Crippen molar-refractivity contribution in [2.24, 2.45) is 0 Å². The summed E-state index contributed by atoms with van der Waals surface area (Å²) in [6.07, 6.45) is 0.676. The molecule has 0 aromatic heterocycles. The first-order valence-electron chi connectivity index (χ1n) is 5.08. The highest BCUT2D eigenvalue weighted by Crippen LogP contribution is 2.37.